The van der Waals surface area contributed by atoms with Crippen LogP contribution >= 0.6 is 0 Å². The Labute approximate surface area is 235 Å². The van der Waals surface area contributed by atoms with Crippen molar-refractivity contribution in [2.24, 2.45) is 17.8 Å². The van der Waals surface area contributed by atoms with Crippen LogP contribution in [-0.4, -0.2) is 24.6 Å². The molecule has 3 aliphatic heterocycles. The van der Waals surface area contributed by atoms with Gasteiger partial charge in [-0.1, -0.05) is 54.6 Å². The van der Waals surface area contributed by atoms with Crippen LogP contribution in [0.25, 0.3) is 16.3 Å². The van der Waals surface area contributed by atoms with Crippen molar-refractivity contribution < 1.29 is 28.6 Å². The Hall–Kier alpha value is -4.91. The summed E-state index contributed by atoms with van der Waals surface area (Å²) in [6.07, 6.45) is 1.99. The SMILES string of the molecule is Cc1ccc(N2C(=O)[C@@H]3[C@@H]4C(=O)Oc5c(ccc6ccccc56)C4=C[C@H](c4ccc5c(c4)OCO5)[C@H]3C2=O)cc1C. The molecule has 0 N–H and O–H groups in total. The molecular weight excluding hydrogens is 518 g/mol. The molecule has 0 saturated carbocycles. The van der Waals surface area contributed by atoms with Gasteiger partial charge in [0.25, 0.3) is 0 Å². The summed E-state index contributed by atoms with van der Waals surface area (Å²) in [5.74, 6) is -2.56. The molecule has 7 heteroatoms. The van der Waals surface area contributed by atoms with Gasteiger partial charge in [-0.3, -0.25) is 14.4 Å². The van der Waals surface area contributed by atoms with Crippen molar-refractivity contribution in [1.82, 2.24) is 0 Å². The minimum Gasteiger partial charge on any atom is -0.454 e. The van der Waals surface area contributed by atoms with Crippen molar-refractivity contribution in [2.75, 3.05) is 11.7 Å². The van der Waals surface area contributed by atoms with Gasteiger partial charge in [0.15, 0.2) is 11.5 Å². The third-order valence-corrected chi connectivity index (χ3v) is 9.02. The first-order valence-corrected chi connectivity index (χ1v) is 13.7. The molecule has 2 amide bonds. The molecule has 1 aliphatic carbocycles. The van der Waals surface area contributed by atoms with Crippen molar-refractivity contribution in [3.05, 3.63) is 101 Å². The summed E-state index contributed by atoms with van der Waals surface area (Å²) in [7, 11) is 0. The highest BCUT2D eigenvalue weighted by atomic mass is 16.7. The molecule has 4 aromatic rings. The summed E-state index contributed by atoms with van der Waals surface area (Å²) < 4.78 is 17.2. The minimum atomic E-state index is -0.911. The molecule has 3 heterocycles. The van der Waals surface area contributed by atoms with E-state index in [4.69, 9.17) is 14.2 Å². The molecule has 4 atom stereocenters. The maximum Gasteiger partial charge on any atom is 0.319 e. The third kappa shape index (κ3) is 3.35. The average molecular weight is 544 g/mol. The van der Waals surface area contributed by atoms with E-state index in [2.05, 4.69) is 0 Å². The average Bonchev–Trinajstić information content (AvgIpc) is 3.55. The van der Waals surface area contributed by atoms with Gasteiger partial charge in [-0.15, -0.1) is 0 Å². The van der Waals surface area contributed by atoms with Crippen LogP contribution in [0.1, 0.15) is 28.2 Å². The van der Waals surface area contributed by atoms with E-state index in [0.29, 0.717) is 28.5 Å². The van der Waals surface area contributed by atoms with E-state index in [-0.39, 0.29) is 18.6 Å². The Balaban J connectivity index is 1.34. The van der Waals surface area contributed by atoms with Crippen LogP contribution in [0, 0.1) is 31.6 Å². The zero-order valence-electron chi connectivity index (χ0n) is 22.4. The van der Waals surface area contributed by atoms with Gasteiger partial charge in [0.2, 0.25) is 18.6 Å². The number of benzene rings is 4. The van der Waals surface area contributed by atoms with Crippen LogP contribution in [0.3, 0.4) is 0 Å². The molecule has 4 aromatic carbocycles. The normalized spacial score (nSPS) is 24.1. The topological polar surface area (TPSA) is 82.1 Å². The molecule has 0 spiro atoms. The van der Waals surface area contributed by atoms with E-state index in [1.165, 1.54) is 4.90 Å². The smallest absolute Gasteiger partial charge is 0.319 e. The van der Waals surface area contributed by atoms with Crippen LogP contribution in [0.4, 0.5) is 5.69 Å². The van der Waals surface area contributed by atoms with Gasteiger partial charge in [0.05, 0.1) is 23.4 Å². The molecule has 1 fully saturated rings. The second-order valence-electron chi connectivity index (χ2n) is 11.2. The van der Waals surface area contributed by atoms with E-state index in [9.17, 15) is 14.4 Å². The summed E-state index contributed by atoms with van der Waals surface area (Å²) in [5, 5.41) is 1.78. The summed E-state index contributed by atoms with van der Waals surface area (Å²) >= 11 is 0. The zero-order chi connectivity index (χ0) is 28.0. The van der Waals surface area contributed by atoms with Gasteiger partial charge in [-0.25, -0.2) is 4.90 Å². The molecule has 4 aliphatic rings. The fourth-order valence-electron chi connectivity index (χ4n) is 6.85. The van der Waals surface area contributed by atoms with Gasteiger partial charge in [0.1, 0.15) is 5.75 Å². The lowest BCUT2D eigenvalue weighted by molar-refractivity contribution is -0.142. The van der Waals surface area contributed by atoms with E-state index >= 15 is 0 Å². The number of amides is 2. The number of carbonyl (C=O) groups excluding carboxylic acids is 3. The predicted octanol–water partition coefficient (Wildman–Crippen LogP) is 5.71. The fourth-order valence-corrected chi connectivity index (χ4v) is 6.85. The largest absolute Gasteiger partial charge is 0.454 e. The summed E-state index contributed by atoms with van der Waals surface area (Å²) in [4.78, 5) is 43.5. The van der Waals surface area contributed by atoms with Gasteiger partial charge in [0, 0.05) is 16.9 Å². The van der Waals surface area contributed by atoms with Crippen LogP contribution in [0.15, 0.2) is 78.9 Å². The van der Waals surface area contributed by atoms with E-state index in [0.717, 1.165) is 33.0 Å². The van der Waals surface area contributed by atoms with Gasteiger partial charge < -0.3 is 14.2 Å². The van der Waals surface area contributed by atoms with E-state index in [1.54, 1.807) is 6.07 Å². The summed E-state index contributed by atoms with van der Waals surface area (Å²) in [5.41, 5.74) is 4.85. The van der Waals surface area contributed by atoms with Crippen molar-refractivity contribution in [1.29, 1.82) is 0 Å². The van der Waals surface area contributed by atoms with Crippen molar-refractivity contribution in [3.8, 4) is 17.2 Å². The number of ether oxygens (including phenoxy) is 3. The maximum absolute atomic E-state index is 14.3. The molecule has 0 radical (unpaired) electrons. The molecule has 7 nitrogen and oxygen atoms in total. The van der Waals surface area contributed by atoms with E-state index in [1.807, 2.05) is 86.7 Å². The Morgan fingerprint density at radius 2 is 1.59 bits per heavy atom. The van der Waals surface area contributed by atoms with Crippen LogP contribution in [0.5, 0.6) is 17.2 Å². The predicted molar refractivity (Wildman–Crippen MR) is 152 cm³/mol. The molecule has 41 heavy (non-hydrogen) atoms. The highest BCUT2D eigenvalue weighted by molar-refractivity contribution is 6.24. The van der Waals surface area contributed by atoms with Crippen molar-refractivity contribution in [2.45, 2.75) is 19.8 Å². The number of aryl methyl sites for hydroxylation is 2. The minimum absolute atomic E-state index is 0.128. The maximum atomic E-state index is 14.3. The highest BCUT2D eigenvalue weighted by Gasteiger charge is 2.60. The Morgan fingerprint density at radius 3 is 2.44 bits per heavy atom. The Bertz CT molecular complexity index is 1870. The number of hydrogen-bond donors (Lipinski definition) is 0. The number of anilines is 1. The number of nitrogens with zero attached hydrogens (tertiary/aromatic N) is 1. The van der Waals surface area contributed by atoms with Gasteiger partial charge in [-0.2, -0.15) is 0 Å². The number of hydrogen-bond acceptors (Lipinski definition) is 6. The molecular formula is C34H25NO6. The third-order valence-electron chi connectivity index (χ3n) is 9.02. The number of allylic oxidation sites excluding steroid dienone is 1. The standard InChI is InChI=1S/C34H25NO6/c1-17-7-10-21(13-18(17)2)35-32(36)28-24(20-9-12-26-27(14-20)40-16-39-26)15-25-23-11-8-19-5-3-4-6-22(19)31(23)41-34(38)29(25)30(28)33(35)37/h3-15,24,28-30H,16H2,1-2H3/t24-,28-,29-,30+/m1/s1. The monoisotopic (exact) mass is 543 g/mol. The lowest BCUT2D eigenvalue weighted by atomic mass is 9.64. The quantitative estimate of drug-likeness (QED) is 0.183. The van der Waals surface area contributed by atoms with Crippen LogP contribution in [0.2, 0.25) is 0 Å². The first-order valence-electron chi connectivity index (χ1n) is 13.7. The molecule has 0 aromatic heterocycles. The summed E-state index contributed by atoms with van der Waals surface area (Å²) in [6.45, 7) is 4.06. The lowest BCUT2D eigenvalue weighted by Gasteiger charge is -2.38. The van der Waals surface area contributed by atoms with Crippen LogP contribution in [-0.2, 0) is 14.4 Å². The van der Waals surface area contributed by atoms with Crippen LogP contribution < -0.4 is 19.1 Å². The fraction of sp³-hybridized carbons (Fsp3) is 0.206. The second kappa shape index (κ2) is 8.54. The molecule has 0 unspecified atom stereocenters. The number of carbonyl (C=O) groups is 3. The second-order valence-corrected chi connectivity index (χ2v) is 11.2. The lowest BCUT2D eigenvalue weighted by Crippen LogP contribution is -2.42. The number of imide groups is 1. The highest BCUT2D eigenvalue weighted by Crippen LogP contribution is 2.56. The van der Waals surface area contributed by atoms with Crippen molar-refractivity contribution in [3.63, 3.8) is 0 Å². The number of esters is 1. The number of fused-ring (bicyclic) bond motifs is 8. The zero-order valence-corrected chi connectivity index (χ0v) is 22.4. The number of rotatable bonds is 2. The Kier molecular flexibility index (Phi) is 4.99. The van der Waals surface area contributed by atoms with E-state index < -0.39 is 29.6 Å². The van der Waals surface area contributed by atoms with Gasteiger partial charge in [-0.05, 0) is 65.8 Å². The molecule has 202 valence electrons. The molecule has 8 rings (SSSR count). The van der Waals surface area contributed by atoms with Gasteiger partial charge >= 0.3 is 5.97 Å². The Morgan fingerprint density at radius 1 is 0.780 bits per heavy atom. The summed E-state index contributed by atoms with van der Waals surface area (Å²) in [6, 6.07) is 22.8. The first-order chi connectivity index (χ1) is 19.9. The molecule has 1 saturated heterocycles. The first kappa shape index (κ1) is 23.9. The van der Waals surface area contributed by atoms with Crippen molar-refractivity contribution >= 4 is 39.8 Å². The molecule has 0 bridgehead atoms.